The van der Waals surface area contributed by atoms with Gasteiger partial charge in [-0.05, 0) is 24.3 Å². The van der Waals surface area contributed by atoms with E-state index in [-0.39, 0.29) is 0 Å². The van der Waals surface area contributed by atoms with Gasteiger partial charge in [-0.2, -0.15) is 0 Å². The summed E-state index contributed by atoms with van der Waals surface area (Å²) in [4.78, 5) is 0. The van der Waals surface area contributed by atoms with Crippen molar-refractivity contribution >= 4 is 0 Å². The zero-order valence-electron chi connectivity index (χ0n) is 7.66. The molecule has 0 spiro atoms. The predicted octanol–water partition coefficient (Wildman–Crippen LogP) is 3.64. The molecule has 0 radical (unpaired) electrons. The zero-order valence-corrected chi connectivity index (χ0v) is 7.66. The highest BCUT2D eigenvalue weighted by Crippen LogP contribution is 2.12. The second kappa shape index (κ2) is 4.76. The lowest BCUT2D eigenvalue weighted by molar-refractivity contribution is 0.742. The molecular formula is C12H16. The first-order valence-electron chi connectivity index (χ1n) is 4.47. The number of hydrogen-bond donors (Lipinski definition) is 0. The molecule has 0 aliphatic heterocycles. The molecule has 0 heterocycles. The van der Waals surface area contributed by atoms with Gasteiger partial charge in [0.25, 0.3) is 0 Å². The van der Waals surface area contributed by atoms with Gasteiger partial charge in [0.15, 0.2) is 0 Å². The summed E-state index contributed by atoms with van der Waals surface area (Å²) in [6.45, 7) is 5.95. The molecule has 0 bridgehead atoms. The fourth-order valence-electron chi connectivity index (χ4n) is 1.24. The van der Waals surface area contributed by atoms with Crippen LogP contribution in [0, 0.1) is 5.92 Å². The van der Waals surface area contributed by atoms with Crippen LogP contribution in [0.4, 0.5) is 0 Å². The molecule has 0 nitrogen and oxygen atoms in total. The maximum absolute atomic E-state index is 3.72. The van der Waals surface area contributed by atoms with Crippen molar-refractivity contribution in [1.82, 2.24) is 0 Å². The van der Waals surface area contributed by atoms with Crippen LogP contribution in [-0.2, 0) is 0 Å². The Morgan fingerprint density at radius 3 is 3.25 bits per heavy atom. The molecule has 1 unspecified atom stereocenters. The monoisotopic (exact) mass is 160 g/mol. The van der Waals surface area contributed by atoms with Crippen LogP contribution < -0.4 is 0 Å². The van der Waals surface area contributed by atoms with Crippen molar-refractivity contribution in [2.24, 2.45) is 5.92 Å². The van der Waals surface area contributed by atoms with Gasteiger partial charge in [-0.15, -0.1) is 6.58 Å². The first-order chi connectivity index (χ1) is 5.83. The normalized spacial score (nSPS) is 22.8. The van der Waals surface area contributed by atoms with Gasteiger partial charge >= 0.3 is 0 Å². The van der Waals surface area contributed by atoms with Crippen LogP contribution in [-0.4, -0.2) is 0 Å². The van der Waals surface area contributed by atoms with Crippen LogP contribution in [0.5, 0.6) is 0 Å². The summed E-state index contributed by atoms with van der Waals surface area (Å²) >= 11 is 0. The van der Waals surface area contributed by atoms with Crippen molar-refractivity contribution < 1.29 is 0 Å². The molecule has 0 fully saturated rings. The Bertz CT molecular complexity index is 228. The fourth-order valence-corrected chi connectivity index (χ4v) is 1.24. The van der Waals surface area contributed by atoms with E-state index in [0.717, 1.165) is 12.8 Å². The zero-order chi connectivity index (χ0) is 8.81. The van der Waals surface area contributed by atoms with Gasteiger partial charge in [0.1, 0.15) is 0 Å². The van der Waals surface area contributed by atoms with Crippen molar-refractivity contribution in [3.63, 3.8) is 0 Å². The van der Waals surface area contributed by atoms with E-state index in [9.17, 15) is 0 Å². The third-order valence-corrected chi connectivity index (χ3v) is 1.97. The lowest BCUT2D eigenvalue weighted by Crippen LogP contribution is -1.88. The molecule has 0 aromatic heterocycles. The Labute approximate surface area is 75.0 Å². The second-order valence-electron chi connectivity index (χ2n) is 3.23. The van der Waals surface area contributed by atoms with Crippen molar-refractivity contribution in [3.8, 4) is 0 Å². The third kappa shape index (κ3) is 2.91. The highest BCUT2D eigenvalue weighted by atomic mass is 14.0. The Balaban J connectivity index is 2.68. The molecule has 0 amide bonds. The van der Waals surface area contributed by atoms with Crippen molar-refractivity contribution in [3.05, 3.63) is 48.6 Å². The molecule has 0 N–H and O–H groups in total. The summed E-state index contributed by atoms with van der Waals surface area (Å²) in [5.74, 6) is 0.669. The number of hydrogen-bond acceptors (Lipinski definition) is 0. The highest BCUT2D eigenvalue weighted by Gasteiger charge is 1.95. The molecular weight excluding hydrogens is 144 g/mol. The van der Waals surface area contributed by atoms with E-state index in [2.05, 4.69) is 43.9 Å². The van der Waals surface area contributed by atoms with Crippen molar-refractivity contribution in [2.75, 3.05) is 0 Å². The summed E-state index contributed by atoms with van der Waals surface area (Å²) in [5, 5.41) is 0. The smallest absolute Gasteiger partial charge is 0.0100 e. The van der Waals surface area contributed by atoms with Crippen LogP contribution in [0.25, 0.3) is 0 Å². The maximum atomic E-state index is 3.72. The van der Waals surface area contributed by atoms with E-state index >= 15 is 0 Å². The summed E-state index contributed by atoms with van der Waals surface area (Å²) in [5.41, 5.74) is 1.34. The van der Waals surface area contributed by atoms with E-state index in [4.69, 9.17) is 0 Å². The summed E-state index contributed by atoms with van der Waals surface area (Å²) in [6, 6.07) is 0. The van der Waals surface area contributed by atoms with Crippen molar-refractivity contribution in [1.29, 1.82) is 0 Å². The number of allylic oxidation sites excluding steroid dienone is 7. The minimum Gasteiger partial charge on any atom is -0.103 e. The number of rotatable bonds is 2. The second-order valence-corrected chi connectivity index (χ2v) is 3.23. The van der Waals surface area contributed by atoms with Crippen LogP contribution in [0.1, 0.15) is 19.8 Å². The minimum absolute atomic E-state index is 0.669. The van der Waals surface area contributed by atoms with Crippen LogP contribution in [0.2, 0.25) is 0 Å². The van der Waals surface area contributed by atoms with Crippen molar-refractivity contribution in [2.45, 2.75) is 19.8 Å². The molecule has 1 atom stereocenters. The van der Waals surface area contributed by atoms with Gasteiger partial charge < -0.3 is 0 Å². The van der Waals surface area contributed by atoms with Crippen LogP contribution in [0.15, 0.2) is 48.6 Å². The summed E-state index contributed by atoms with van der Waals surface area (Å²) in [7, 11) is 0. The third-order valence-electron chi connectivity index (χ3n) is 1.97. The predicted molar refractivity (Wildman–Crippen MR) is 55.0 cm³/mol. The Morgan fingerprint density at radius 1 is 1.67 bits per heavy atom. The molecule has 0 aromatic rings. The SMILES string of the molecule is C=CCC1=CC=CC(C)CC=C1. The largest absolute Gasteiger partial charge is 0.103 e. The van der Waals surface area contributed by atoms with Crippen LogP contribution in [0.3, 0.4) is 0 Å². The standard InChI is InChI=1S/C12H16/c1-3-6-12-9-4-7-11(2)8-5-10-12/h3-5,7,9-11H,1,6,8H2,2H3. The van der Waals surface area contributed by atoms with E-state index in [1.807, 2.05) is 6.08 Å². The van der Waals surface area contributed by atoms with E-state index in [1.165, 1.54) is 5.57 Å². The average Bonchev–Trinajstić information content (AvgIpc) is 2.00. The van der Waals surface area contributed by atoms with Gasteiger partial charge in [0, 0.05) is 0 Å². The average molecular weight is 160 g/mol. The van der Waals surface area contributed by atoms with Crippen LogP contribution >= 0.6 is 0 Å². The van der Waals surface area contributed by atoms with Gasteiger partial charge in [-0.1, -0.05) is 43.4 Å². The quantitative estimate of drug-likeness (QED) is 0.541. The maximum Gasteiger partial charge on any atom is -0.0100 e. The highest BCUT2D eigenvalue weighted by molar-refractivity contribution is 5.27. The molecule has 1 aliphatic rings. The first kappa shape index (κ1) is 9.05. The van der Waals surface area contributed by atoms with Gasteiger partial charge in [0.2, 0.25) is 0 Å². The Morgan fingerprint density at radius 2 is 2.50 bits per heavy atom. The molecule has 12 heavy (non-hydrogen) atoms. The first-order valence-corrected chi connectivity index (χ1v) is 4.47. The van der Waals surface area contributed by atoms with Gasteiger partial charge in [-0.3, -0.25) is 0 Å². The molecule has 0 saturated carbocycles. The summed E-state index contributed by atoms with van der Waals surface area (Å²) in [6.07, 6.45) is 15.0. The molecule has 0 saturated heterocycles. The Hall–Kier alpha value is -1.04. The van der Waals surface area contributed by atoms with Gasteiger partial charge in [0.05, 0.1) is 0 Å². The van der Waals surface area contributed by atoms with E-state index < -0.39 is 0 Å². The fraction of sp³-hybridized carbons (Fsp3) is 0.333. The summed E-state index contributed by atoms with van der Waals surface area (Å²) < 4.78 is 0. The molecule has 0 heteroatoms. The lowest BCUT2D eigenvalue weighted by Gasteiger charge is -2.04. The molecule has 0 aromatic carbocycles. The lowest BCUT2D eigenvalue weighted by atomic mass is 10.0. The minimum atomic E-state index is 0.669. The van der Waals surface area contributed by atoms with Gasteiger partial charge in [-0.25, -0.2) is 0 Å². The van der Waals surface area contributed by atoms with E-state index in [0.29, 0.717) is 5.92 Å². The topological polar surface area (TPSA) is 0 Å². The molecule has 64 valence electrons. The Kier molecular flexibility index (Phi) is 3.59. The van der Waals surface area contributed by atoms with E-state index in [1.54, 1.807) is 0 Å². The molecule has 1 aliphatic carbocycles. The molecule has 1 rings (SSSR count).